The maximum absolute atomic E-state index is 8.21. The summed E-state index contributed by atoms with van der Waals surface area (Å²) in [6, 6.07) is 0. The second-order valence-electron chi connectivity index (χ2n) is 2.18. The van der Waals surface area contributed by atoms with Crippen molar-refractivity contribution >= 4 is 40.5 Å². The first-order valence-electron chi connectivity index (χ1n) is 3.36. The van der Waals surface area contributed by atoms with Crippen LogP contribution in [0.2, 0.25) is 10.0 Å². The highest BCUT2D eigenvalue weighted by molar-refractivity contribution is 6.41. The van der Waals surface area contributed by atoms with Crippen LogP contribution in [-0.4, -0.2) is 4.98 Å². The lowest BCUT2D eigenvalue weighted by Crippen LogP contribution is -1.90. The van der Waals surface area contributed by atoms with Crippen molar-refractivity contribution in [1.29, 1.82) is 0 Å². The van der Waals surface area contributed by atoms with Gasteiger partial charge >= 0.3 is 0 Å². The second kappa shape index (κ2) is 4.59. The first-order valence-corrected chi connectivity index (χ1v) is 4.12. The lowest BCUT2D eigenvalue weighted by Gasteiger charge is -2.05. The molecule has 0 aliphatic rings. The third-order valence-electron chi connectivity index (χ3n) is 1.36. The van der Waals surface area contributed by atoms with Gasteiger partial charge in [0, 0.05) is 9.82 Å². The summed E-state index contributed by atoms with van der Waals surface area (Å²) in [6.45, 7) is 0. The van der Waals surface area contributed by atoms with E-state index in [9.17, 15) is 0 Å². The Labute approximate surface area is 92.9 Å². The lowest BCUT2D eigenvalue weighted by molar-refractivity contribution is 1.22. The molecule has 1 aromatic rings. The molecule has 10 heteroatoms. The number of rotatable bonds is 2. The van der Waals surface area contributed by atoms with Crippen molar-refractivity contribution < 1.29 is 0 Å². The minimum Gasteiger partial charge on any atom is -0.396 e. The first kappa shape index (κ1) is 11.2. The Kier molecular flexibility index (Phi) is 3.43. The number of nitrogens with two attached hydrogens (primary N) is 1. The van der Waals surface area contributed by atoms with Crippen molar-refractivity contribution in [2.24, 2.45) is 10.2 Å². The molecule has 15 heavy (non-hydrogen) atoms. The van der Waals surface area contributed by atoms with Gasteiger partial charge in [-0.15, -0.1) is 0 Å². The van der Waals surface area contributed by atoms with Gasteiger partial charge in [0.2, 0.25) is 0 Å². The van der Waals surface area contributed by atoms with Crippen LogP contribution in [-0.2, 0) is 0 Å². The molecule has 1 rings (SSSR count). The van der Waals surface area contributed by atoms with Crippen LogP contribution >= 0.6 is 23.2 Å². The number of anilines is 1. The van der Waals surface area contributed by atoms with Gasteiger partial charge in [0.05, 0.1) is 15.7 Å². The van der Waals surface area contributed by atoms with Gasteiger partial charge in [-0.2, -0.15) is 0 Å². The van der Waals surface area contributed by atoms with Gasteiger partial charge in [0.1, 0.15) is 11.6 Å². The van der Waals surface area contributed by atoms with Gasteiger partial charge in [0.25, 0.3) is 0 Å². The average molecular weight is 245 g/mol. The van der Waals surface area contributed by atoms with Gasteiger partial charge in [-0.1, -0.05) is 23.2 Å². The minimum atomic E-state index is -0.191. The molecule has 0 bridgehead atoms. The van der Waals surface area contributed by atoms with Crippen LogP contribution in [0.5, 0.6) is 0 Å². The number of hydrogen-bond acceptors (Lipinski definition) is 4. The number of azide groups is 2. The number of pyridine rings is 1. The highest BCUT2D eigenvalue weighted by Gasteiger charge is 2.13. The van der Waals surface area contributed by atoms with Crippen molar-refractivity contribution in [3.63, 3.8) is 0 Å². The topological polar surface area (TPSA) is 136 Å². The van der Waals surface area contributed by atoms with Crippen molar-refractivity contribution in [1.82, 2.24) is 4.98 Å². The maximum Gasteiger partial charge on any atom is 0.148 e. The summed E-state index contributed by atoms with van der Waals surface area (Å²) in [7, 11) is 0. The third-order valence-corrected chi connectivity index (χ3v) is 2.10. The fourth-order valence-electron chi connectivity index (χ4n) is 0.753. The SMILES string of the molecule is [N-]=[N+]=Nc1nc(N=[N+]=[N-])c(Cl)c(N)c1Cl. The normalized spacial score (nSPS) is 8.93. The third kappa shape index (κ3) is 2.15. The van der Waals surface area contributed by atoms with Gasteiger partial charge in [-0.3, -0.25) is 0 Å². The zero-order valence-electron chi connectivity index (χ0n) is 6.96. The molecule has 0 aliphatic carbocycles. The summed E-state index contributed by atoms with van der Waals surface area (Å²) in [5.41, 5.74) is 21.8. The van der Waals surface area contributed by atoms with Gasteiger partial charge in [0.15, 0.2) is 0 Å². The molecule has 0 radical (unpaired) electrons. The van der Waals surface area contributed by atoms with Crippen molar-refractivity contribution in [2.45, 2.75) is 0 Å². The van der Waals surface area contributed by atoms with E-state index in [1.54, 1.807) is 0 Å². The maximum atomic E-state index is 8.21. The van der Waals surface area contributed by atoms with Crippen LogP contribution in [0.3, 0.4) is 0 Å². The van der Waals surface area contributed by atoms with Crippen LogP contribution in [0.1, 0.15) is 0 Å². The summed E-state index contributed by atoms with van der Waals surface area (Å²) < 4.78 is 0. The molecule has 2 N–H and O–H groups in total. The van der Waals surface area contributed by atoms with E-state index < -0.39 is 0 Å². The highest BCUT2D eigenvalue weighted by atomic mass is 35.5. The number of nitrogen functional groups attached to an aromatic ring is 1. The molecule has 0 amide bonds. The molecule has 1 heterocycles. The summed E-state index contributed by atoms with van der Waals surface area (Å²) >= 11 is 11.4. The summed E-state index contributed by atoms with van der Waals surface area (Å²) in [4.78, 5) is 8.59. The second-order valence-corrected chi connectivity index (χ2v) is 2.94. The summed E-state index contributed by atoms with van der Waals surface area (Å²) in [5.74, 6) is -0.382. The van der Waals surface area contributed by atoms with Crippen LogP contribution < -0.4 is 5.73 Å². The van der Waals surface area contributed by atoms with Crippen molar-refractivity contribution in [3.8, 4) is 0 Å². The molecule has 0 spiro atoms. The van der Waals surface area contributed by atoms with E-state index in [0.29, 0.717) is 0 Å². The summed E-state index contributed by atoms with van der Waals surface area (Å²) in [6.07, 6.45) is 0. The predicted molar refractivity (Wildman–Crippen MR) is 56.3 cm³/mol. The summed E-state index contributed by atoms with van der Waals surface area (Å²) in [5, 5.41) is 6.16. The zero-order valence-corrected chi connectivity index (χ0v) is 8.48. The Morgan fingerprint density at radius 1 is 1.07 bits per heavy atom. The monoisotopic (exact) mass is 244 g/mol. The molecule has 0 saturated carbocycles. The first-order chi connectivity index (χ1) is 7.11. The van der Waals surface area contributed by atoms with E-state index in [-0.39, 0.29) is 27.4 Å². The van der Waals surface area contributed by atoms with Crippen molar-refractivity contribution in [2.75, 3.05) is 5.73 Å². The lowest BCUT2D eigenvalue weighted by atomic mass is 10.4. The Morgan fingerprint density at radius 2 is 1.47 bits per heavy atom. The zero-order chi connectivity index (χ0) is 11.4. The Bertz CT molecular complexity index is 456. The van der Waals surface area contributed by atoms with Crippen LogP contribution in [0.15, 0.2) is 10.2 Å². The van der Waals surface area contributed by atoms with E-state index in [4.69, 9.17) is 40.0 Å². The molecule has 76 valence electrons. The van der Waals surface area contributed by atoms with Crippen LogP contribution in [0.25, 0.3) is 20.9 Å². The van der Waals surface area contributed by atoms with Crippen LogP contribution in [0.4, 0.5) is 17.3 Å². The Balaban J connectivity index is 3.58. The van der Waals surface area contributed by atoms with Gasteiger partial charge in [-0.05, 0) is 21.3 Å². The number of halogens is 2. The van der Waals surface area contributed by atoms with E-state index in [2.05, 4.69) is 25.0 Å². The molecule has 0 saturated heterocycles. The smallest absolute Gasteiger partial charge is 0.148 e. The Hall–Kier alpha value is -1.85. The average Bonchev–Trinajstić information content (AvgIpc) is 2.22. The molecular formula is C5H2Cl2N8. The minimum absolute atomic E-state index is 0.0573. The largest absolute Gasteiger partial charge is 0.396 e. The van der Waals surface area contributed by atoms with E-state index in [1.807, 2.05) is 0 Å². The quantitative estimate of drug-likeness (QED) is 0.480. The number of aromatic nitrogens is 1. The molecule has 1 aromatic heterocycles. The van der Waals surface area contributed by atoms with Crippen LogP contribution in [0, 0.1) is 0 Å². The molecule has 0 unspecified atom stereocenters. The predicted octanol–water partition coefficient (Wildman–Crippen LogP) is 3.85. The molecule has 0 aromatic carbocycles. The highest BCUT2D eigenvalue weighted by Crippen LogP contribution is 2.39. The van der Waals surface area contributed by atoms with Gasteiger partial charge < -0.3 is 5.73 Å². The van der Waals surface area contributed by atoms with Gasteiger partial charge in [-0.25, -0.2) is 4.98 Å². The molecule has 8 nitrogen and oxygen atoms in total. The molecule has 0 fully saturated rings. The fraction of sp³-hybridized carbons (Fsp3) is 0. The van der Waals surface area contributed by atoms with E-state index in [0.717, 1.165) is 0 Å². The van der Waals surface area contributed by atoms with E-state index in [1.165, 1.54) is 0 Å². The standard InChI is InChI=1S/C5H2Cl2N8/c6-1-3(8)2(7)5(13-15-10)11-4(1)12-14-9/h(H2,8,11). The Morgan fingerprint density at radius 3 is 1.80 bits per heavy atom. The molecule has 0 aliphatic heterocycles. The molecular weight excluding hydrogens is 243 g/mol. The molecule has 0 atom stereocenters. The number of nitrogens with zero attached hydrogens (tertiary/aromatic N) is 7. The fourth-order valence-corrected chi connectivity index (χ4v) is 1.15. The number of hydrogen-bond donors (Lipinski definition) is 1. The van der Waals surface area contributed by atoms with Crippen molar-refractivity contribution in [3.05, 3.63) is 30.9 Å². The van der Waals surface area contributed by atoms with E-state index >= 15 is 0 Å².